The van der Waals surface area contributed by atoms with E-state index in [1.807, 2.05) is 6.07 Å². The van der Waals surface area contributed by atoms with Gasteiger partial charge in [-0.3, -0.25) is 0 Å². The molecule has 0 heterocycles. The summed E-state index contributed by atoms with van der Waals surface area (Å²) in [6.45, 7) is 4.07. The van der Waals surface area contributed by atoms with Crippen molar-refractivity contribution in [2.45, 2.75) is 32.2 Å². The van der Waals surface area contributed by atoms with E-state index in [1.165, 1.54) is 24.9 Å². The van der Waals surface area contributed by atoms with Crippen molar-refractivity contribution in [3.8, 4) is 5.75 Å². The Labute approximate surface area is 116 Å². The highest BCUT2D eigenvalue weighted by Gasteiger charge is 2.31. The summed E-state index contributed by atoms with van der Waals surface area (Å²) in [5.74, 6) is 1.79. The van der Waals surface area contributed by atoms with E-state index in [9.17, 15) is 0 Å². The minimum absolute atomic E-state index is 0.517. The van der Waals surface area contributed by atoms with Crippen LogP contribution in [-0.2, 0) is 0 Å². The highest BCUT2D eigenvalue weighted by Crippen LogP contribution is 2.33. The third-order valence-corrected chi connectivity index (χ3v) is 3.61. The molecular weight excluding hydrogens is 236 g/mol. The van der Waals surface area contributed by atoms with Crippen LogP contribution in [0.1, 0.15) is 26.2 Å². The molecule has 0 saturated heterocycles. The molecule has 0 bridgehead atoms. The lowest BCUT2D eigenvalue weighted by atomic mass is 10.2. The van der Waals surface area contributed by atoms with E-state index in [-0.39, 0.29) is 0 Å². The molecule has 106 valence electrons. The summed E-state index contributed by atoms with van der Waals surface area (Å²) in [7, 11) is 4.10. The summed E-state index contributed by atoms with van der Waals surface area (Å²) in [4.78, 5) is 2.10. The Morgan fingerprint density at radius 2 is 2.16 bits per heavy atom. The van der Waals surface area contributed by atoms with Crippen molar-refractivity contribution in [3.63, 3.8) is 0 Å². The zero-order valence-electron chi connectivity index (χ0n) is 12.4. The summed E-state index contributed by atoms with van der Waals surface area (Å²) in [5.41, 5.74) is 1.18. The Bertz CT molecular complexity index is 388. The van der Waals surface area contributed by atoms with Crippen molar-refractivity contribution >= 4 is 5.69 Å². The summed E-state index contributed by atoms with van der Waals surface area (Å²) in [6.07, 6.45) is 3.88. The fourth-order valence-electron chi connectivity index (χ4n) is 2.23. The van der Waals surface area contributed by atoms with Crippen molar-refractivity contribution in [2.24, 2.45) is 5.92 Å². The van der Waals surface area contributed by atoms with Gasteiger partial charge in [0, 0.05) is 31.9 Å². The summed E-state index contributed by atoms with van der Waals surface area (Å²) in [6, 6.07) is 8.81. The second-order valence-corrected chi connectivity index (χ2v) is 5.60. The number of nitrogens with zero attached hydrogens (tertiary/aromatic N) is 1. The molecule has 0 aliphatic heterocycles. The first-order valence-corrected chi connectivity index (χ1v) is 7.34. The normalized spacial score (nSPS) is 16.2. The van der Waals surface area contributed by atoms with Gasteiger partial charge in [-0.1, -0.05) is 13.0 Å². The van der Waals surface area contributed by atoms with Crippen LogP contribution in [0.25, 0.3) is 0 Å². The van der Waals surface area contributed by atoms with Gasteiger partial charge >= 0.3 is 0 Å². The quantitative estimate of drug-likeness (QED) is 0.779. The Kier molecular flexibility index (Phi) is 5.08. The molecule has 0 amide bonds. The minimum Gasteiger partial charge on any atom is -0.492 e. The molecular formula is C16H26N2O. The predicted octanol–water partition coefficient (Wildman–Crippen LogP) is 2.91. The van der Waals surface area contributed by atoms with Gasteiger partial charge in [0.25, 0.3) is 0 Å². The predicted molar refractivity (Wildman–Crippen MR) is 81.1 cm³/mol. The minimum atomic E-state index is 0.517. The highest BCUT2D eigenvalue weighted by molar-refractivity contribution is 5.49. The molecule has 1 aromatic rings. The first-order valence-electron chi connectivity index (χ1n) is 7.34. The average molecular weight is 262 g/mol. The Morgan fingerprint density at radius 1 is 1.37 bits per heavy atom. The number of ether oxygens (including phenoxy) is 1. The monoisotopic (exact) mass is 262 g/mol. The van der Waals surface area contributed by atoms with Gasteiger partial charge in [-0.05, 0) is 43.9 Å². The van der Waals surface area contributed by atoms with E-state index in [4.69, 9.17) is 4.74 Å². The van der Waals surface area contributed by atoms with Crippen LogP contribution in [-0.4, -0.2) is 33.3 Å². The van der Waals surface area contributed by atoms with E-state index < -0.39 is 0 Å². The zero-order chi connectivity index (χ0) is 13.7. The molecule has 1 saturated carbocycles. The van der Waals surface area contributed by atoms with Crippen LogP contribution in [0.3, 0.4) is 0 Å². The van der Waals surface area contributed by atoms with Gasteiger partial charge in [-0.25, -0.2) is 0 Å². The van der Waals surface area contributed by atoms with E-state index in [0.717, 1.165) is 24.8 Å². The van der Waals surface area contributed by atoms with Gasteiger partial charge in [0.2, 0.25) is 0 Å². The molecule has 1 atom stereocenters. The summed E-state index contributed by atoms with van der Waals surface area (Å²) >= 11 is 0. The molecule has 1 aromatic carbocycles. The molecule has 19 heavy (non-hydrogen) atoms. The van der Waals surface area contributed by atoms with Gasteiger partial charge in [0.15, 0.2) is 0 Å². The SMILES string of the molecule is CCCNC(COc1cccc(N(C)C)c1)C1CC1. The van der Waals surface area contributed by atoms with Gasteiger partial charge in [0.05, 0.1) is 0 Å². The molecule has 2 rings (SSSR count). The van der Waals surface area contributed by atoms with Crippen molar-refractivity contribution in [1.82, 2.24) is 5.32 Å². The van der Waals surface area contributed by atoms with Crippen LogP contribution in [0.5, 0.6) is 5.75 Å². The standard InChI is InChI=1S/C16H26N2O/c1-4-10-17-16(13-8-9-13)12-19-15-7-5-6-14(11-15)18(2)3/h5-7,11,13,16-17H,4,8-10,12H2,1-3H3. The van der Waals surface area contributed by atoms with Crippen molar-refractivity contribution < 1.29 is 4.74 Å². The number of hydrogen-bond acceptors (Lipinski definition) is 3. The van der Waals surface area contributed by atoms with Crippen molar-refractivity contribution in [1.29, 1.82) is 0 Å². The molecule has 0 aromatic heterocycles. The lowest BCUT2D eigenvalue weighted by Crippen LogP contribution is -2.37. The van der Waals surface area contributed by atoms with Crippen LogP contribution in [0.4, 0.5) is 5.69 Å². The van der Waals surface area contributed by atoms with Crippen LogP contribution in [0.15, 0.2) is 24.3 Å². The van der Waals surface area contributed by atoms with E-state index in [2.05, 4.69) is 49.4 Å². The van der Waals surface area contributed by atoms with Gasteiger partial charge in [-0.15, -0.1) is 0 Å². The number of hydrogen-bond donors (Lipinski definition) is 1. The maximum absolute atomic E-state index is 5.97. The molecule has 1 unspecified atom stereocenters. The number of anilines is 1. The fraction of sp³-hybridized carbons (Fsp3) is 0.625. The van der Waals surface area contributed by atoms with E-state index >= 15 is 0 Å². The van der Waals surface area contributed by atoms with Gasteiger partial charge in [-0.2, -0.15) is 0 Å². The van der Waals surface area contributed by atoms with E-state index in [1.54, 1.807) is 0 Å². The Hall–Kier alpha value is -1.22. The van der Waals surface area contributed by atoms with Gasteiger partial charge in [0.1, 0.15) is 12.4 Å². The van der Waals surface area contributed by atoms with Crippen LogP contribution >= 0.6 is 0 Å². The van der Waals surface area contributed by atoms with Crippen LogP contribution in [0.2, 0.25) is 0 Å². The topological polar surface area (TPSA) is 24.5 Å². The second kappa shape index (κ2) is 6.80. The molecule has 1 aliphatic rings. The number of benzene rings is 1. The smallest absolute Gasteiger partial charge is 0.121 e. The van der Waals surface area contributed by atoms with Crippen LogP contribution < -0.4 is 15.0 Å². The van der Waals surface area contributed by atoms with Crippen LogP contribution in [0, 0.1) is 5.92 Å². The first kappa shape index (κ1) is 14.2. The lowest BCUT2D eigenvalue weighted by molar-refractivity contribution is 0.249. The average Bonchev–Trinajstić information content (AvgIpc) is 3.23. The lowest BCUT2D eigenvalue weighted by Gasteiger charge is -2.19. The van der Waals surface area contributed by atoms with Gasteiger partial charge < -0.3 is 15.0 Å². The van der Waals surface area contributed by atoms with Crippen molar-refractivity contribution in [3.05, 3.63) is 24.3 Å². The maximum atomic E-state index is 5.97. The number of nitrogens with one attached hydrogen (secondary N) is 1. The molecule has 3 heteroatoms. The number of rotatable bonds is 8. The third-order valence-electron chi connectivity index (χ3n) is 3.61. The summed E-state index contributed by atoms with van der Waals surface area (Å²) < 4.78 is 5.97. The Balaban J connectivity index is 1.87. The summed E-state index contributed by atoms with van der Waals surface area (Å²) in [5, 5.41) is 3.60. The molecule has 0 spiro atoms. The Morgan fingerprint density at radius 3 is 2.79 bits per heavy atom. The molecule has 1 N–H and O–H groups in total. The molecule has 0 radical (unpaired) electrons. The van der Waals surface area contributed by atoms with E-state index in [0.29, 0.717) is 6.04 Å². The van der Waals surface area contributed by atoms with Crippen molar-refractivity contribution in [2.75, 3.05) is 32.1 Å². The molecule has 1 fully saturated rings. The molecule has 1 aliphatic carbocycles. The zero-order valence-corrected chi connectivity index (χ0v) is 12.4. The maximum Gasteiger partial charge on any atom is 0.121 e. The second-order valence-electron chi connectivity index (χ2n) is 5.60. The first-order chi connectivity index (χ1) is 9.20. The largest absolute Gasteiger partial charge is 0.492 e. The molecule has 3 nitrogen and oxygen atoms in total. The fourth-order valence-corrected chi connectivity index (χ4v) is 2.23. The third kappa shape index (κ3) is 4.43. The highest BCUT2D eigenvalue weighted by atomic mass is 16.5.